The number of hydrogen-bond donors (Lipinski definition) is 0. The average molecular weight is 390 g/mol. The minimum atomic E-state index is -0.543. The molecule has 0 N–H and O–H groups in total. The molecule has 0 aliphatic rings. The van der Waals surface area contributed by atoms with Gasteiger partial charge in [0.15, 0.2) is 0 Å². The first-order valence-electron chi connectivity index (χ1n) is 10.5. The molecule has 0 aliphatic carbocycles. The fraction of sp³-hybridized carbons (Fsp3) is 0.385. The minimum absolute atomic E-state index is 0.0584. The zero-order valence-electron chi connectivity index (χ0n) is 18.0. The van der Waals surface area contributed by atoms with E-state index in [0.717, 1.165) is 47.9 Å². The molecule has 0 heterocycles. The Morgan fingerprint density at radius 1 is 0.966 bits per heavy atom. The fourth-order valence-corrected chi connectivity index (χ4v) is 3.26. The summed E-state index contributed by atoms with van der Waals surface area (Å²) in [4.78, 5) is 12.9. The molecule has 0 bridgehead atoms. The van der Waals surface area contributed by atoms with Crippen molar-refractivity contribution in [1.82, 2.24) is 0 Å². The lowest BCUT2D eigenvalue weighted by atomic mass is 9.92. The third-order valence-corrected chi connectivity index (χ3v) is 5.24. The smallest absolute Gasteiger partial charge is 0.349 e. The van der Waals surface area contributed by atoms with Crippen LogP contribution in [-0.4, -0.2) is 12.6 Å². The van der Waals surface area contributed by atoms with Gasteiger partial charge in [-0.05, 0) is 37.3 Å². The number of benzene rings is 2. The number of carbonyl (C=O) groups is 1. The minimum Gasteiger partial charge on any atom is -0.461 e. The van der Waals surface area contributed by atoms with Gasteiger partial charge in [0.25, 0.3) is 0 Å². The van der Waals surface area contributed by atoms with Crippen LogP contribution >= 0.6 is 0 Å². The highest BCUT2D eigenvalue weighted by Crippen LogP contribution is 2.28. The lowest BCUT2D eigenvalue weighted by Gasteiger charge is -2.16. The highest BCUT2D eigenvalue weighted by Gasteiger charge is 2.21. The molecule has 0 saturated heterocycles. The third kappa shape index (κ3) is 6.32. The highest BCUT2D eigenvalue weighted by molar-refractivity contribution is 6.05. The van der Waals surface area contributed by atoms with E-state index in [1.165, 1.54) is 0 Å². The molecule has 2 aromatic rings. The van der Waals surface area contributed by atoms with E-state index >= 15 is 0 Å². The molecule has 2 rings (SSSR count). The SMILES string of the molecule is CCCCC(CC)COC(=O)C(C#N)=C(c1ccc(C)cc1)c1ccc(C)cc1. The molecule has 0 aromatic heterocycles. The predicted molar refractivity (Wildman–Crippen MR) is 118 cm³/mol. The molecular weight excluding hydrogens is 358 g/mol. The van der Waals surface area contributed by atoms with Crippen LogP contribution in [0.15, 0.2) is 54.1 Å². The van der Waals surface area contributed by atoms with Crippen molar-refractivity contribution in [3.8, 4) is 6.07 Å². The van der Waals surface area contributed by atoms with Gasteiger partial charge in [-0.25, -0.2) is 4.79 Å². The summed E-state index contributed by atoms with van der Waals surface area (Å²) < 4.78 is 5.60. The Morgan fingerprint density at radius 3 is 1.90 bits per heavy atom. The van der Waals surface area contributed by atoms with Gasteiger partial charge >= 0.3 is 5.97 Å². The van der Waals surface area contributed by atoms with Gasteiger partial charge in [0, 0.05) is 5.57 Å². The van der Waals surface area contributed by atoms with Gasteiger partial charge in [0.2, 0.25) is 0 Å². The summed E-state index contributed by atoms with van der Waals surface area (Å²) in [5.41, 5.74) is 4.61. The monoisotopic (exact) mass is 389 g/mol. The summed E-state index contributed by atoms with van der Waals surface area (Å²) in [6.07, 6.45) is 4.24. The average Bonchev–Trinajstić information content (AvgIpc) is 2.73. The maximum absolute atomic E-state index is 12.9. The number of nitriles is 1. The van der Waals surface area contributed by atoms with Crippen molar-refractivity contribution in [3.05, 3.63) is 76.4 Å². The predicted octanol–water partition coefficient (Wildman–Crippen LogP) is 6.39. The molecule has 0 spiro atoms. The summed E-state index contributed by atoms with van der Waals surface area (Å²) in [5.74, 6) is -0.209. The van der Waals surface area contributed by atoms with E-state index in [0.29, 0.717) is 18.1 Å². The van der Waals surface area contributed by atoms with Crippen LogP contribution in [0.4, 0.5) is 0 Å². The second kappa shape index (κ2) is 11.2. The van der Waals surface area contributed by atoms with Crippen molar-refractivity contribution in [1.29, 1.82) is 5.26 Å². The van der Waals surface area contributed by atoms with Crippen LogP contribution < -0.4 is 0 Å². The number of ether oxygens (including phenoxy) is 1. The van der Waals surface area contributed by atoms with Crippen molar-refractivity contribution < 1.29 is 9.53 Å². The van der Waals surface area contributed by atoms with Crippen molar-refractivity contribution in [2.75, 3.05) is 6.61 Å². The molecule has 3 heteroatoms. The highest BCUT2D eigenvalue weighted by atomic mass is 16.5. The van der Waals surface area contributed by atoms with Crippen LogP contribution in [0.1, 0.15) is 61.8 Å². The molecule has 0 fully saturated rings. The van der Waals surface area contributed by atoms with Gasteiger partial charge < -0.3 is 4.74 Å². The Kier molecular flexibility index (Phi) is 8.68. The van der Waals surface area contributed by atoms with Gasteiger partial charge in [0.1, 0.15) is 11.6 Å². The lowest BCUT2D eigenvalue weighted by molar-refractivity contribution is -0.139. The molecule has 1 atom stereocenters. The number of hydrogen-bond acceptors (Lipinski definition) is 3. The van der Waals surface area contributed by atoms with Crippen molar-refractivity contribution in [2.24, 2.45) is 5.92 Å². The van der Waals surface area contributed by atoms with Gasteiger partial charge in [-0.3, -0.25) is 0 Å². The number of rotatable bonds is 9. The first kappa shape index (κ1) is 22.4. The number of esters is 1. The van der Waals surface area contributed by atoms with E-state index in [1.54, 1.807) is 0 Å². The number of nitrogens with zero attached hydrogens (tertiary/aromatic N) is 1. The van der Waals surface area contributed by atoms with Crippen molar-refractivity contribution in [2.45, 2.75) is 53.4 Å². The van der Waals surface area contributed by atoms with Crippen molar-refractivity contribution in [3.63, 3.8) is 0 Å². The second-order valence-electron chi connectivity index (χ2n) is 7.61. The molecule has 3 nitrogen and oxygen atoms in total. The zero-order valence-corrected chi connectivity index (χ0v) is 18.0. The second-order valence-corrected chi connectivity index (χ2v) is 7.61. The molecule has 0 amide bonds. The van der Waals surface area contributed by atoms with Gasteiger partial charge in [-0.2, -0.15) is 5.26 Å². The Hall–Kier alpha value is -2.86. The Labute approximate surface area is 175 Å². The van der Waals surface area contributed by atoms with Crippen molar-refractivity contribution >= 4 is 11.5 Å². The third-order valence-electron chi connectivity index (χ3n) is 5.24. The molecule has 29 heavy (non-hydrogen) atoms. The number of unbranched alkanes of at least 4 members (excludes halogenated alkanes) is 1. The van der Waals surface area contributed by atoms with E-state index < -0.39 is 5.97 Å². The molecule has 152 valence electrons. The van der Waals surface area contributed by atoms with Crippen LogP contribution in [0.5, 0.6) is 0 Å². The van der Waals surface area contributed by atoms with Gasteiger partial charge in [-0.15, -0.1) is 0 Å². The normalized spacial score (nSPS) is 11.4. The molecular formula is C26H31NO2. The van der Waals surface area contributed by atoms with Gasteiger partial charge in [0.05, 0.1) is 6.61 Å². The summed E-state index contributed by atoms with van der Waals surface area (Å²) in [6, 6.07) is 17.9. The van der Waals surface area contributed by atoms with E-state index in [2.05, 4.69) is 19.9 Å². The van der Waals surface area contributed by atoms with Crippen LogP contribution in [-0.2, 0) is 9.53 Å². The Bertz CT molecular complexity index is 823. The Balaban J connectivity index is 2.40. The Morgan fingerprint density at radius 2 is 1.48 bits per heavy atom. The van der Waals surface area contributed by atoms with E-state index in [-0.39, 0.29) is 5.57 Å². The molecule has 0 radical (unpaired) electrons. The quantitative estimate of drug-likeness (QED) is 0.284. The summed E-state index contributed by atoms with van der Waals surface area (Å²) in [5, 5.41) is 9.85. The fourth-order valence-electron chi connectivity index (χ4n) is 3.26. The standard InChI is InChI=1S/C26H31NO2/c1-5-7-8-21(6-2)18-29-26(28)24(17-27)25(22-13-9-19(3)10-14-22)23-15-11-20(4)12-16-23/h9-16,21H,5-8,18H2,1-4H3. The van der Waals surface area contributed by atoms with Crippen LogP contribution in [0, 0.1) is 31.1 Å². The molecule has 1 unspecified atom stereocenters. The molecule has 0 aliphatic heterocycles. The first-order chi connectivity index (χ1) is 14.0. The summed E-state index contributed by atoms with van der Waals surface area (Å²) in [7, 11) is 0. The molecule has 0 saturated carbocycles. The van der Waals surface area contributed by atoms with Gasteiger partial charge in [-0.1, -0.05) is 92.8 Å². The zero-order chi connectivity index (χ0) is 21.2. The largest absolute Gasteiger partial charge is 0.461 e. The van der Waals surface area contributed by atoms with E-state index in [4.69, 9.17) is 4.74 Å². The summed E-state index contributed by atoms with van der Waals surface area (Å²) in [6.45, 7) is 8.65. The summed E-state index contributed by atoms with van der Waals surface area (Å²) >= 11 is 0. The van der Waals surface area contributed by atoms with E-state index in [9.17, 15) is 10.1 Å². The topological polar surface area (TPSA) is 50.1 Å². The number of carbonyl (C=O) groups excluding carboxylic acids is 1. The maximum Gasteiger partial charge on any atom is 0.349 e. The van der Waals surface area contributed by atoms with Crippen LogP contribution in [0.2, 0.25) is 0 Å². The number of aryl methyl sites for hydroxylation is 2. The lowest BCUT2D eigenvalue weighted by Crippen LogP contribution is -2.16. The molecule has 2 aromatic carbocycles. The van der Waals surface area contributed by atoms with Crippen LogP contribution in [0.25, 0.3) is 5.57 Å². The maximum atomic E-state index is 12.9. The van der Waals surface area contributed by atoms with E-state index in [1.807, 2.05) is 62.4 Å². The first-order valence-corrected chi connectivity index (χ1v) is 10.5. The van der Waals surface area contributed by atoms with Crippen LogP contribution in [0.3, 0.4) is 0 Å².